The fourth-order valence-electron chi connectivity index (χ4n) is 3.04. The van der Waals surface area contributed by atoms with Crippen LogP contribution in [0.15, 0.2) is 34.9 Å². The second-order valence-corrected chi connectivity index (χ2v) is 6.29. The SMILES string of the molecule is COc1cc(NC(=O)c2ccco2)c(C(=O)N2CCNC(C)C2)cc1OC. The van der Waals surface area contributed by atoms with Gasteiger partial charge in [0, 0.05) is 31.7 Å². The van der Waals surface area contributed by atoms with E-state index in [4.69, 9.17) is 13.9 Å². The van der Waals surface area contributed by atoms with E-state index in [-0.39, 0.29) is 17.7 Å². The Bertz CT molecular complexity index is 819. The van der Waals surface area contributed by atoms with Crippen LogP contribution in [0.5, 0.6) is 11.5 Å². The van der Waals surface area contributed by atoms with Crippen LogP contribution in [-0.2, 0) is 0 Å². The van der Waals surface area contributed by atoms with Crippen LogP contribution in [0, 0.1) is 0 Å². The Morgan fingerprint density at radius 1 is 1.26 bits per heavy atom. The molecule has 8 heteroatoms. The summed E-state index contributed by atoms with van der Waals surface area (Å²) >= 11 is 0. The number of carbonyl (C=O) groups is 2. The largest absolute Gasteiger partial charge is 0.493 e. The molecule has 0 bridgehead atoms. The van der Waals surface area contributed by atoms with Crippen LogP contribution in [0.2, 0.25) is 0 Å². The van der Waals surface area contributed by atoms with Crippen molar-refractivity contribution < 1.29 is 23.5 Å². The van der Waals surface area contributed by atoms with E-state index < -0.39 is 5.91 Å². The molecule has 1 unspecified atom stereocenters. The predicted molar refractivity (Wildman–Crippen MR) is 99.6 cm³/mol. The quantitative estimate of drug-likeness (QED) is 0.833. The van der Waals surface area contributed by atoms with E-state index in [2.05, 4.69) is 10.6 Å². The Morgan fingerprint density at radius 3 is 2.63 bits per heavy atom. The Hall–Kier alpha value is -3.00. The van der Waals surface area contributed by atoms with Gasteiger partial charge in [0.25, 0.3) is 11.8 Å². The zero-order valence-corrected chi connectivity index (χ0v) is 15.6. The van der Waals surface area contributed by atoms with Gasteiger partial charge in [-0.1, -0.05) is 0 Å². The predicted octanol–water partition coefficient (Wildman–Crippen LogP) is 1.98. The highest BCUT2D eigenvalue weighted by Gasteiger charge is 2.26. The summed E-state index contributed by atoms with van der Waals surface area (Å²) < 4.78 is 15.8. The number of piperazine rings is 1. The van der Waals surface area contributed by atoms with Gasteiger partial charge in [0.2, 0.25) is 0 Å². The number of hydrogen-bond donors (Lipinski definition) is 2. The van der Waals surface area contributed by atoms with Crippen LogP contribution in [0.4, 0.5) is 5.69 Å². The number of nitrogens with zero attached hydrogens (tertiary/aromatic N) is 1. The number of ether oxygens (including phenoxy) is 2. The lowest BCUT2D eigenvalue weighted by Crippen LogP contribution is -2.51. The number of methoxy groups -OCH3 is 2. The maximum atomic E-state index is 13.1. The molecule has 144 valence electrons. The van der Waals surface area contributed by atoms with Gasteiger partial charge in [0.1, 0.15) is 0 Å². The topological polar surface area (TPSA) is 93.0 Å². The van der Waals surface area contributed by atoms with E-state index in [0.29, 0.717) is 42.4 Å². The molecule has 2 aromatic rings. The van der Waals surface area contributed by atoms with E-state index in [1.165, 1.54) is 20.5 Å². The average Bonchev–Trinajstić information content (AvgIpc) is 3.22. The summed E-state index contributed by atoms with van der Waals surface area (Å²) in [4.78, 5) is 27.3. The Morgan fingerprint density at radius 2 is 2.00 bits per heavy atom. The van der Waals surface area contributed by atoms with Crippen LogP contribution < -0.4 is 20.1 Å². The first kappa shape index (κ1) is 18.8. The first-order valence-corrected chi connectivity index (χ1v) is 8.67. The Balaban J connectivity index is 1.96. The third-order valence-electron chi connectivity index (χ3n) is 4.40. The third kappa shape index (κ3) is 4.06. The van der Waals surface area contributed by atoms with Gasteiger partial charge in [-0.2, -0.15) is 0 Å². The molecule has 2 N–H and O–H groups in total. The Labute approximate surface area is 157 Å². The number of rotatable bonds is 5. The molecule has 1 fully saturated rings. The van der Waals surface area contributed by atoms with Crippen LogP contribution in [0.1, 0.15) is 27.8 Å². The highest BCUT2D eigenvalue weighted by atomic mass is 16.5. The van der Waals surface area contributed by atoms with Gasteiger partial charge in [-0.3, -0.25) is 9.59 Å². The molecule has 0 spiro atoms. The molecule has 2 heterocycles. The monoisotopic (exact) mass is 373 g/mol. The van der Waals surface area contributed by atoms with Crippen LogP contribution in [-0.4, -0.2) is 56.6 Å². The minimum atomic E-state index is -0.449. The van der Waals surface area contributed by atoms with Gasteiger partial charge < -0.3 is 29.4 Å². The summed E-state index contributed by atoms with van der Waals surface area (Å²) in [7, 11) is 3.00. The molecule has 1 saturated heterocycles. The highest BCUT2D eigenvalue weighted by Crippen LogP contribution is 2.34. The molecule has 1 aliphatic rings. The minimum Gasteiger partial charge on any atom is -0.493 e. The lowest BCUT2D eigenvalue weighted by atomic mass is 10.1. The highest BCUT2D eigenvalue weighted by molar-refractivity contribution is 6.08. The van der Waals surface area contributed by atoms with Crippen LogP contribution >= 0.6 is 0 Å². The molecular weight excluding hydrogens is 350 g/mol. The fraction of sp³-hybridized carbons (Fsp3) is 0.368. The maximum Gasteiger partial charge on any atom is 0.291 e. The second-order valence-electron chi connectivity index (χ2n) is 6.29. The zero-order valence-electron chi connectivity index (χ0n) is 15.6. The number of nitrogens with one attached hydrogen (secondary N) is 2. The summed E-state index contributed by atoms with van der Waals surface area (Å²) in [6, 6.07) is 6.54. The molecular formula is C19H23N3O5. The first-order valence-electron chi connectivity index (χ1n) is 8.67. The third-order valence-corrected chi connectivity index (χ3v) is 4.40. The van der Waals surface area contributed by atoms with E-state index in [1.54, 1.807) is 29.2 Å². The molecule has 0 aliphatic carbocycles. The number of hydrogen-bond acceptors (Lipinski definition) is 6. The van der Waals surface area contributed by atoms with Gasteiger partial charge in [-0.15, -0.1) is 0 Å². The van der Waals surface area contributed by atoms with Gasteiger partial charge in [-0.25, -0.2) is 0 Å². The van der Waals surface area contributed by atoms with E-state index in [9.17, 15) is 9.59 Å². The van der Waals surface area contributed by atoms with Crippen molar-refractivity contribution in [2.75, 3.05) is 39.2 Å². The molecule has 2 amide bonds. The zero-order chi connectivity index (χ0) is 19.4. The molecule has 1 atom stereocenters. The molecule has 8 nitrogen and oxygen atoms in total. The molecule has 3 rings (SSSR count). The number of benzene rings is 1. The van der Waals surface area contributed by atoms with E-state index in [0.717, 1.165) is 0 Å². The Kier molecular flexibility index (Phi) is 5.66. The summed E-state index contributed by atoms with van der Waals surface area (Å²) in [6.45, 7) is 3.91. The molecule has 1 aromatic carbocycles. The van der Waals surface area contributed by atoms with Crippen molar-refractivity contribution in [3.8, 4) is 11.5 Å². The summed E-state index contributed by atoms with van der Waals surface area (Å²) in [5, 5.41) is 6.04. The molecule has 27 heavy (non-hydrogen) atoms. The summed E-state index contributed by atoms with van der Waals surface area (Å²) in [5.41, 5.74) is 0.673. The smallest absolute Gasteiger partial charge is 0.291 e. The van der Waals surface area contributed by atoms with Crippen molar-refractivity contribution in [1.29, 1.82) is 0 Å². The lowest BCUT2D eigenvalue weighted by Gasteiger charge is -2.32. The number of carbonyl (C=O) groups excluding carboxylic acids is 2. The molecule has 1 aromatic heterocycles. The van der Waals surface area contributed by atoms with Crippen LogP contribution in [0.25, 0.3) is 0 Å². The van der Waals surface area contributed by atoms with Crippen molar-refractivity contribution in [3.63, 3.8) is 0 Å². The maximum absolute atomic E-state index is 13.1. The van der Waals surface area contributed by atoms with E-state index in [1.807, 2.05) is 6.92 Å². The summed E-state index contributed by atoms with van der Waals surface area (Å²) in [5.74, 6) is 0.352. The van der Waals surface area contributed by atoms with Gasteiger partial charge in [-0.05, 0) is 25.1 Å². The van der Waals surface area contributed by atoms with E-state index >= 15 is 0 Å². The minimum absolute atomic E-state index is 0.152. The van der Waals surface area contributed by atoms with Crippen molar-refractivity contribution in [3.05, 3.63) is 41.9 Å². The number of furan rings is 1. The lowest BCUT2D eigenvalue weighted by molar-refractivity contribution is 0.0709. The summed E-state index contributed by atoms with van der Waals surface area (Å²) in [6.07, 6.45) is 1.41. The van der Waals surface area contributed by atoms with Crippen molar-refractivity contribution in [2.24, 2.45) is 0 Å². The normalized spacial score (nSPS) is 16.7. The van der Waals surface area contributed by atoms with Crippen LogP contribution in [0.3, 0.4) is 0 Å². The molecule has 1 aliphatic heterocycles. The molecule has 0 radical (unpaired) electrons. The van der Waals surface area contributed by atoms with Crippen molar-refractivity contribution >= 4 is 17.5 Å². The average molecular weight is 373 g/mol. The van der Waals surface area contributed by atoms with Crippen molar-refractivity contribution in [1.82, 2.24) is 10.2 Å². The van der Waals surface area contributed by atoms with Gasteiger partial charge in [0.15, 0.2) is 17.3 Å². The van der Waals surface area contributed by atoms with Gasteiger partial charge in [0.05, 0.1) is 31.7 Å². The number of anilines is 1. The number of amides is 2. The van der Waals surface area contributed by atoms with Crippen molar-refractivity contribution in [2.45, 2.75) is 13.0 Å². The first-order chi connectivity index (χ1) is 13.0. The standard InChI is InChI=1S/C19H23N3O5/c1-12-11-22(7-6-20-12)19(24)13-9-16(25-2)17(26-3)10-14(13)21-18(23)15-5-4-8-27-15/h4-5,8-10,12,20H,6-7,11H2,1-3H3,(H,21,23). The fourth-order valence-corrected chi connectivity index (χ4v) is 3.04. The molecule has 0 saturated carbocycles. The second kappa shape index (κ2) is 8.13. The van der Waals surface area contributed by atoms with Gasteiger partial charge >= 0.3 is 0 Å².